The lowest BCUT2D eigenvalue weighted by atomic mass is 9.94. The molecule has 5 rings (SSSR count). The van der Waals surface area contributed by atoms with E-state index in [1.54, 1.807) is 0 Å². The second-order valence-electron chi connectivity index (χ2n) is 7.96. The van der Waals surface area contributed by atoms with E-state index in [0.29, 0.717) is 0 Å². The normalized spacial score (nSPS) is 18.6. The highest BCUT2D eigenvalue weighted by Gasteiger charge is 2.55. The summed E-state index contributed by atoms with van der Waals surface area (Å²) in [7, 11) is 0. The van der Waals surface area contributed by atoms with E-state index in [9.17, 15) is 14.4 Å². The number of carboxylic acids is 1. The first kappa shape index (κ1) is 18.5. The van der Waals surface area contributed by atoms with Crippen LogP contribution in [-0.2, 0) is 14.3 Å². The van der Waals surface area contributed by atoms with E-state index in [4.69, 9.17) is 14.6 Å². The molecule has 3 aliphatic rings. The van der Waals surface area contributed by atoms with Gasteiger partial charge in [0.05, 0.1) is 19.6 Å². The molecule has 30 heavy (non-hydrogen) atoms. The average molecular weight is 408 g/mol. The third-order valence-corrected chi connectivity index (χ3v) is 5.92. The molecule has 8 nitrogen and oxygen atoms in total. The first-order valence-electron chi connectivity index (χ1n) is 9.75. The lowest BCUT2D eigenvalue weighted by Crippen LogP contribution is -2.65. The van der Waals surface area contributed by atoms with Gasteiger partial charge in [0.15, 0.2) is 5.60 Å². The molecule has 0 radical (unpaired) electrons. The number of likely N-dealkylation sites (tertiary alicyclic amines) is 1. The Hall–Kier alpha value is -3.55. The number of fused-ring (bicyclic) bond motifs is 3. The number of ether oxygens (including phenoxy) is 2. The summed E-state index contributed by atoms with van der Waals surface area (Å²) in [6, 6.07) is 16.2. The molecule has 2 aliphatic heterocycles. The highest BCUT2D eigenvalue weighted by molar-refractivity contribution is 5.80. The zero-order valence-corrected chi connectivity index (χ0v) is 16.1. The number of carboxylic acid groups (broad SMARTS) is 1. The van der Waals surface area contributed by atoms with Gasteiger partial charge in [-0.15, -0.1) is 0 Å². The Labute approximate surface area is 172 Å². The molecule has 0 aromatic heterocycles. The summed E-state index contributed by atoms with van der Waals surface area (Å²) in [6.45, 7) is 0.370. The van der Waals surface area contributed by atoms with Gasteiger partial charge >= 0.3 is 18.2 Å². The Morgan fingerprint density at radius 3 is 2.23 bits per heavy atom. The highest BCUT2D eigenvalue weighted by atomic mass is 16.6. The standard InChI is InChI=1S/C22H20N2O6/c25-19(26)9-23-11-22(30-21(23)28)12-24(13-22)20(27)29-10-18-16-7-3-1-5-14(16)15-6-2-4-8-17(15)18/h1-8,18H,9-13H2,(H,25,26). The van der Waals surface area contributed by atoms with Crippen molar-refractivity contribution in [2.24, 2.45) is 0 Å². The van der Waals surface area contributed by atoms with Crippen molar-refractivity contribution in [2.75, 3.05) is 32.8 Å². The maximum Gasteiger partial charge on any atom is 0.411 e. The zero-order chi connectivity index (χ0) is 20.9. The van der Waals surface area contributed by atoms with Gasteiger partial charge in [-0.1, -0.05) is 48.5 Å². The van der Waals surface area contributed by atoms with E-state index in [1.165, 1.54) is 4.90 Å². The summed E-state index contributed by atoms with van der Waals surface area (Å²) >= 11 is 0. The largest absolute Gasteiger partial charge is 0.480 e. The molecule has 1 N–H and O–H groups in total. The van der Waals surface area contributed by atoms with Crippen LogP contribution in [0, 0.1) is 0 Å². The minimum absolute atomic E-state index is 0.0213. The predicted molar refractivity (Wildman–Crippen MR) is 105 cm³/mol. The van der Waals surface area contributed by atoms with Crippen LogP contribution in [0.15, 0.2) is 48.5 Å². The summed E-state index contributed by atoms with van der Waals surface area (Å²) in [5.74, 6) is -1.12. The maximum absolute atomic E-state index is 12.5. The number of carbonyl (C=O) groups is 3. The number of nitrogens with zero attached hydrogens (tertiary/aromatic N) is 2. The van der Waals surface area contributed by atoms with Crippen molar-refractivity contribution >= 4 is 18.2 Å². The molecule has 2 aromatic carbocycles. The number of benzene rings is 2. The smallest absolute Gasteiger partial charge is 0.411 e. The van der Waals surface area contributed by atoms with Crippen LogP contribution in [0.5, 0.6) is 0 Å². The molecule has 1 spiro atoms. The van der Waals surface area contributed by atoms with Gasteiger partial charge in [-0.3, -0.25) is 14.6 Å². The zero-order valence-electron chi connectivity index (χ0n) is 16.1. The van der Waals surface area contributed by atoms with Crippen LogP contribution in [0.3, 0.4) is 0 Å². The predicted octanol–water partition coefficient (Wildman–Crippen LogP) is 2.53. The Bertz CT molecular complexity index is 1000. The number of hydrogen-bond donors (Lipinski definition) is 1. The Kier molecular flexibility index (Phi) is 4.16. The minimum Gasteiger partial charge on any atom is -0.480 e. The van der Waals surface area contributed by atoms with Crippen molar-refractivity contribution in [3.63, 3.8) is 0 Å². The maximum atomic E-state index is 12.5. The van der Waals surface area contributed by atoms with Crippen LogP contribution in [0.4, 0.5) is 9.59 Å². The van der Waals surface area contributed by atoms with Crippen LogP contribution >= 0.6 is 0 Å². The molecular weight excluding hydrogens is 388 g/mol. The monoisotopic (exact) mass is 408 g/mol. The second-order valence-corrected chi connectivity index (χ2v) is 7.96. The number of aliphatic carboxylic acids is 1. The highest BCUT2D eigenvalue weighted by Crippen LogP contribution is 2.44. The molecule has 2 fully saturated rings. The van der Waals surface area contributed by atoms with Crippen LogP contribution in [0.25, 0.3) is 11.1 Å². The Morgan fingerprint density at radius 2 is 1.63 bits per heavy atom. The van der Waals surface area contributed by atoms with Crippen LogP contribution < -0.4 is 0 Å². The summed E-state index contributed by atoms with van der Waals surface area (Å²) in [6.07, 6.45) is -1.13. The number of amides is 2. The molecule has 0 unspecified atom stereocenters. The first-order valence-corrected chi connectivity index (χ1v) is 9.75. The van der Waals surface area contributed by atoms with Gasteiger partial charge < -0.3 is 14.6 Å². The van der Waals surface area contributed by atoms with Gasteiger partial charge in [0, 0.05) is 5.92 Å². The second kappa shape index (κ2) is 6.76. The number of hydrogen-bond acceptors (Lipinski definition) is 5. The molecule has 2 aromatic rings. The van der Waals surface area contributed by atoms with Crippen molar-refractivity contribution < 1.29 is 29.0 Å². The molecule has 0 bridgehead atoms. The molecule has 2 amide bonds. The van der Waals surface area contributed by atoms with Crippen LogP contribution in [0.2, 0.25) is 0 Å². The lowest BCUT2D eigenvalue weighted by molar-refractivity contribution is -0.137. The lowest BCUT2D eigenvalue weighted by Gasteiger charge is -2.44. The van der Waals surface area contributed by atoms with Gasteiger partial charge in [0.25, 0.3) is 0 Å². The molecule has 8 heteroatoms. The van der Waals surface area contributed by atoms with Gasteiger partial charge in [-0.25, -0.2) is 9.59 Å². The van der Waals surface area contributed by atoms with E-state index in [-0.39, 0.29) is 32.2 Å². The van der Waals surface area contributed by atoms with Crippen molar-refractivity contribution in [3.8, 4) is 11.1 Å². The Morgan fingerprint density at radius 1 is 1.03 bits per heavy atom. The van der Waals surface area contributed by atoms with E-state index in [2.05, 4.69) is 24.3 Å². The third-order valence-electron chi connectivity index (χ3n) is 5.92. The molecule has 154 valence electrons. The van der Waals surface area contributed by atoms with Crippen molar-refractivity contribution in [2.45, 2.75) is 11.5 Å². The Balaban J connectivity index is 1.21. The summed E-state index contributed by atoms with van der Waals surface area (Å²) < 4.78 is 10.9. The molecular formula is C22H20N2O6. The van der Waals surface area contributed by atoms with Crippen LogP contribution in [-0.4, -0.2) is 71.4 Å². The summed E-state index contributed by atoms with van der Waals surface area (Å²) in [4.78, 5) is 37.8. The molecule has 2 saturated heterocycles. The van der Waals surface area contributed by atoms with Crippen molar-refractivity contribution in [1.29, 1.82) is 0 Å². The van der Waals surface area contributed by atoms with Gasteiger partial charge in [0.2, 0.25) is 0 Å². The van der Waals surface area contributed by atoms with Gasteiger partial charge in [-0.05, 0) is 22.3 Å². The topological polar surface area (TPSA) is 96.4 Å². The minimum atomic E-state index is -1.10. The van der Waals surface area contributed by atoms with E-state index in [0.717, 1.165) is 27.2 Å². The fourth-order valence-electron chi connectivity index (χ4n) is 4.61. The van der Waals surface area contributed by atoms with Crippen molar-refractivity contribution in [3.05, 3.63) is 59.7 Å². The van der Waals surface area contributed by atoms with E-state index >= 15 is 0 Å². The fourth-order valence-corrected chi connectivity index (χ4v) is 4.61. The summed E-state index contributed by atoms with van der Waals surface area (Å²) in [5.41, 5.74) is 3.76. The van der Waals surface area contributed by atoms with E-state index in [1.807, 2.05) is 24.3 Å². The van der Waals surface area contributed by atoms with Gasteiger partial charge in [0.1, 0.15) is 13.2 Å². The molecule has 0 saturated carbocycles. The molecule has 2 heterocycles. The SMILES string of the molecule is O=C(O)CN1CC2(CN(C(=O)OCC3c4ccccc4-c4ccccc43)C2)OC1=O. The molecule has 0 atom stereocenters. The van der Waals surface area contributed by atoms with E-state index < -0.39 is 30.3 Å². The number of rotatable bonds is 4. The first-order chi connectivity index (χ1) is 14.5. The number of carbonyl (C=O) groups excluding carboxylic acids is 2. The van der Waals surface area contributed by atoms with Crippen LogP contribution in [0.1, 0.15) is 17.0 Å². The van der Waals surface area contributed by atoms with Gasteiger partial charge in [-0.2, -0.15) is 0 Å². The van der Waals surface area contributed by atoms with Crippen molar-refractivity contribution in [1.82, 2.24) is 9.80 Å². The average Bonchev–Trinajstić information content (AvgIpc) is 3.20. The quantitative estimate of drug-likeness (QED) is 0.835. The summed E-state index contributed by atoms with van der Waals surface area (Å²) in [5, 5.41) is 8.87. The fraction of sp³-hybridized carbons (Fsp3) is 0.318. The third kappa shape index (κ3) is 2.96. The molecule has 1 aliphatic carbocycles.